The summed E-state index contributed by atoms with van der Waals surface area (Å²) in [4.78, 5) is 11.2. The number of nitrogens with zero attached hydrogens (tertiary/aromatic N) is 5. The summed E-state index contributed by atoms with van der Waals surface area (Å²) < 4.78 is 2.04. The van der Waals surface area contributed by atoms with Crippen molar-refractivity contribution in [3.63, 3.8) is 0 Å². The van der Waals surface area contributed by atoms with Gasteiger partial charge in [-0.3, -0.25) is 0 Å². The number of hydrogen-bond donors (Lipinski definition) is 1. The van der Waals surface area contributed by atoms with Crippen LogP contribution in [0.25, 0.3) is 33.1 Å². The zero-order valence-electron chi connectivity index (χ0n) is 17.0. The summed E-state index contributed by atoms with van der Waals surface area (Å²) >= 11 is 0. The zero-order valence-corrected chi connectivity index (χ0v) is 17.0. The number of piperidine rings is 1. The van der Waals surface area contributed by atoms with Crippen LogP contribution >= 0.6 is 0 Å². The van der Waals surface area contributed by atoms with Crippen molar-refractivity contribution in [1.29, 1.82) is 0 Å². The molecule has 148 valence electrons. The summed E-state index contributed by atoms with van der Waals surface area (Å²) in [6.45, 7) is 5.26. The first kappa shape index (κ1) is 18.1. The van der Waals surface area contributed by atoms with Gasteiger partial charge < -0.3 is 10.6 Å². The molecular weight excluding hydrogens is 360 g/mol. The van der Waals surface area contributed by atoms with Crippen LogP contribution < -0.4 is 5.73 Å². The maximum atomic E-state index is 6.28. The van der Waals surface area contributed by atoms with Crippen LogP contribution in [0.5, 0.6) is 0 Å². The highest BCUT2D eigenvalue weighted by atomic mass is 15.3. The molecule has 0 bridgehead atoms. The second kappa shape index (κ2) is 7.12. The van der Waals surface area contributed by atoms with Crippen molar-refractivity contribution in [1.82, 2.24) is 24.6 Å². The Kier molecular flexibility index (Phi) is 4.43. The number of anilines is 1. The normalized spacial score (nSPS) is 16.1. The monoisotopic (exact) mass is 386 g/mol. The fourth-order valence-electron chi connectivity index (χ4n) is 4.36. The maximum Gasteiger partial charge on any atom is 0.163 e. The lowest BCUT2D eigenvalue weighted by molar-refractivity contribution is 0.202. The Bertz CT molecular complexity index is 1190. The van der Waals surface area contributed by atoms with Crippen molar-refractivity contribution < 1.29 is 0 Å². The molecule has 0 amide bonds. The molecule has 1 aliphatic heterocycles. The van der Waals surface area contributed by atoms with E-state index in [1.165, 1.54) is 35.5 Å². The topological polar surface area (TPSA) is 72.9 Å². The summed E-state index contributed by atoms with van der Waals surface area (Å²) in [6, 6.07) is 13.0. The third-order valence-electron chi connectivity index (χ3n) is 6.10. The Labute approximate surface area is 170 Å². The number of benzene rings is 2. The van der Waals surface area contributed by atoms with E-state index < -0.39 is 0 Å². The number of likely N-dealkylation sites (tertiary alicyclic amines) is 1. The molecule has 0 aliphatic carbocycles. The molecular formula is C23H26N6. The van der Waals surface area contributed by atoms with Gasteiger partial charge in [-0.05, 0) is 62.7 Å². The van der Waals surface area contributed by atoms with E-state index in [0.717, 1.165) is 41.9 Å². The predicted molar refractivity (Wildman–Crippen MR) is 118 cm³/mol. The molecule has 29 heavy (non-hydrogen) atoms. The fraction of sp³-hybridized carbons (Fsp3) is 0.348. The maximum absolute atomic E-state index is 6.28. The van der Waals surface area contributed by atoms with E-state index in [2.05, 4.69) is 65.2 Å². The minimum atomic E-state index is 0.489. The third-order valence-corrected chi connectivity index (χ3v) is 6.10. The number of nitrogens with two attached hydrogens (primary N) is 1. The largest absolute Gasteiger partial charge is 0.383 e. The molecule has 0 spiro atoms. The molecule has 6 heteroatoms. The second-order valence-corrected chi connectivity index (χ2v) is 8.30. The number of rotatable bonds is 3. The molecule has 0 saturated carbocycles. The van der Waals surface area contributed by atoms with Gasteiger partial charge in [0.1, 0.15) is 17.8 Å². The molecule has 2 N–H and O–H groups in total. The molecule has 0 atom stereocenters. The smallest absolute Gasteiger partial charge is 0.163 e. The Morgan fingerprint density at radius 3 is 2.62 bits per heavy atom. The fourth-order valence-corrected chi connectivity index (χ4v) is 4.36. The molecule has 4 aromatic rings. The summed E-state index contributed by atoms with van der Waals surface area (Å²) in [5, 5.41) is 8.26. The Hall–Kier alpha value is -2.99. The highest BCUT2D eigenvalue weighted by molar-refractivity contribution is 6.00. The molecule has 0 radical (unpaired) electrons. The van der Waals surface area contributed by atoms with Crippen LogP contribution in [0.1, 0.15) is 18.4 Å². The third kappa shape index (κ3) is 3.34. The van der Waals surface area contributed by atoms with Crippen molar-refractivity contribution >= 4 is 27.6 Å². The van der Waals surface area contributed by atoms with Gasteiger partial charge in [-0.1, -0.05) is 35.9 Å². The molecule has 3 heterocycles. The molecule has 1 aliphatic rings. The first-order valence-electron chi connectivity index (χ1n) is 10.2. The zero-order chi connectivity index (χ0) is 20.0. The van der Waals surface area contributed by atoms with E-state index in [1.807, 2.05) is 4.68 Å². The SMILES string of the molecule is Cc1ccc2cc(-c3nn(CC4CCN(C)CC4)c4ncnc(N)c34)ccc2c1. The van der Waals surface area contributed by atoms with Gasteiger partial charge in [0.15, 0.2) is 5.65 Å². The van der Waals surface area contributed by atoms with E-state index in [1.54, 1.807) is 0 Å². The molecule has 2 aromatic carbocycles. The first-order valence-corrected chi connectivity index (χ1v) is 10.2. The lowest BCUT2D eigenvalue weighted by Gasteiger charge is -2.28. The van der Waals surface area contributed by atoms with Crippen molar-refractivity contribution in [3.05, 3.63) is 48.3 Å². The molecule has 1 fully saturated rings. The standard InChI is InChI=1S/C23H26N6/c1-15-3-4-18-12-19(6-5-17(18)11-15)21-20-22(24)25-14-26-23(20)29(27-21)13-16-7-9-28(2)10-8-16/h3-6,11-12,14,16H,7-10,13H2,1-2H3,(H2,24,25,26). The Balaban J connectivity index is 1.59. The van der Waals surface area contributed by atoms with Gasteiger partial charge in [0.2, 0.25) is 0 Å². The van der Waals surface area contributed by atoms with Gasteiger partial charge in [-0.25, -0.2) is 14.6 Å². The molecule has 1 saturated heterocycles. The quantitative estimate of drug-likeness (QED) is 0.578. The summed E-state index contributed by atoms with van der Waals surface area (Å²) in [6.07, 6.45) is 3.91. The summed E-state index contributed by atoms with van der Waals surface area (Å²) in [7, 11) is 2.19. The Morgan fingerprint density at radius 2 is 1.79 bits per heavy atom. The average molecular weight is 387 g/mol. The van der Waals surface area contributed by atoms with E-state index in [9.17, 15) is 0 Å². The van der Waals surface area contributed by atoms with Crippen LogP contribution in [0.15, 0.2) is 42.7 Å². The molecule has 5 rings (SSSR count). The van der Waals surface area contributed by atoms with Crippen LogP contribution in [0.3, 0.4) is 0 Å². The Morgan fingerprint density at radius 1 is 1.03 bits per heavy atom. The van der Waals surface area contributed by atoms with Crippen LogP contribution in [-0.2, 0) is 6.54 Å². The van der Waals surface area contributed by atoms with Gasteiger partial charge in [0.25, 0.3) is 0 Å². The minimum Gasteiger partial charge on any atom is -0.383 e. The lowest BCUT2D eigenvalue weighted by Crippen LogP contribution is -2.32. The van der Waals surface area contributed by atoms with E-state index in [4.69, 9.17) is 10.8 Å². The van der Waals surface area contributed by atoms with Gasteiger partial charge in [-0.2, -0.15) is 5.10 Å². The van der Waals surface area contributed by atoms with Crippen LogP contribution in [0, 0.1) is 12.8 Å². The summed E-state index contributed by atoms with van der Waals surface area (Å²) in [5.41, 5.74) is 10.3. The number of fused-ring (bicyclic) bond motifs is 2. The van der Waals surface area contributed by atoms with Crippen molar-refractivity contribution in [3.8, 4) is 11.3 Å². The first-order chi connectivity index (χ1) is 14.1. The number of aromatic nitrogens is 4. The summed E-state index contributed by atoms with van der Waals surface area (Å²) in [5.74, 6) is 1.10. The molecule has 6 nitrogen and oxygen atoms in total. The van der Waals surface area contributed by atoms with Crippen molar-refractivity contribution in [2.24, 2.45) is 5.92 Å². The van der Waals surface area contributed by atoms with Crippen molar-refractivity contribution in [2.75, 3.05) is 25.9 Å². The van der Waals surface area contributed by atoms with Gasteiger partial charge in [0.05, 0.1) is 5.39 Å². The molecule has 0 unspecified atom stereocenters. The van der Waals surface area contributed by atoms with Crippen LogP contribution in [-0.4, -0.2) is 44.8 Å². The average Bonchev–Trinajstić information content (AvgIpc) is 3.09. The van der Waals surface area contributed by atoms with Crippen LogP contribution in [0.4, 0.5) is 5.82 Å². The number of nitrogen functional groups attached to an aromatic ring is 1. The van der Waals surface area contributed by atoms with Gasteiger partial charge in [0, 0.05) is 12.1 Å². The number of hydrogen-bond acceptors (Lipinski definition) is 5. The van der Waals surface area contributed by atoms with Gasteiger partial charge >= 0.3 is 0 Å². The van der Waals surface area contributed by atoms with Gasteiger partial charge in [-0.15, -0.1) is 0 Å². The number of aryl methyl sites for hydroxylation is 1. The predicted octanol–water partition coefficient (Wildman–Crippen LogP) is 3.88. The van der Waals surface area contributed by atoms with Crippen molar-refractivity contribution in [2.45, 2.75) is 26.3 Å². The van der Waals surface area contributed by atoms with Crippen LogP contribution in [0.2, 0.25) is 0 Å². The lowest BCUT2D eigenvalue weighted by atomic mass is 9.97. The molecule has 2 aromatic heterocycles. The van der Waals surface area contributed by atoms with E-state index in [-0.39, 0.29) is 0 Å². The highest BCUT2D eigenvalue weighted by Crippen LogP contribution is 2.33. The van der Waals surface area contributed by atoms with E-state index >= 15 is 0 Å². The van der Waals surface area contributed by atoms with E-state index in [0.29, 0.717) is 11.7 Å². The minimum absolute atomic E-state index is 0.489. The highest BCUT2D eigenvalue weighted by Gasteiger charge is 2.22. The second-order valence-electron chi connectivity index (χ2n) is 8.30.